The normalized spacial score (nSPS) is 17.1. The first kappa shape index (κ1) is 72.4. The van der Waals surface area contributed by atoms with Gasteiger partial charge in [-0.1, -0.05) is 199 Å². The molecule has 395 valence electrons. The van der Waals surface area contributed by atoms with E-state index in [-0.39, 0.29) is 86.6 Å². The standard InChI is InChI=1S/3C16H35O4P.Yb/c3*1-5-9-11-15(7-3)13-19-21(17,18)20-14-16(8-4)12-10-6-2;/h3*15-16H,5-14H2,1-4H3,(H,17,18);/q;;;+3/p-3. The maximum atomic E-state index is 11.8. The quantitative estimate of drug-likeness (QED) is 0.0530. The smallest absolute Gasteiger partial charge is 0.756 e. The fourth-order valence-corrected chi connectivity index (χ4v) is 9.26. The van der Waals surface area contributed by atoms with Gasteiger partial charge in [0.05, 0.1) is 39.6 Å². The zero-order chi connectivity index (χ0) is 48.4. The van der Waals surface area contributed by atoms with Crippen LogP contribution in [-0.4, -0.2) is 39.6 Å². The van der Waals surface area contributed by atoms with Gasteiger partial charge in [-0.2, -0.15) is 0 Å². The molecular weight excluding hydrogens is 1030 g/mol. The molecule has 16 heteroatoms. The van der Waals surface area contributed by atoms with Crippen LogP contribution < -0.4 is 14.7 Å². The predicted octanol–water partition coefficient (Wildman–Crippen LogP) is 14.8. The van der Waals surface area contributed by atoms with Crippen molar-refractivity contribution in [1.29, 1.82) is 0 Å². The van der Waals surface area contributed by atoms with Gasteiger partial charge in [0.25, 0.3) is 23.5 Å². The Kier molecular flexibility index (Phi) is 54.8. The summed E-state index contributed by atoms with van der Waals surface area (Å²) in [6, 6.07) is 0. The van der Waals surface area contributed by atoms with Crippen LogP contribution in [0.15, 0.2) is 0 Å². The molecule has 0 rings (SSSR count). The van der Waals surface area contributed by atoms with Gasteiger partial charge < -0.3 is 41.8 Å². The van der Waals surface area contributed by atoms with Crippen molar-refractivity contribution < 1.29 is 102 Å². The Morgan fingerprint density at radius 1 is 0.297 bits per heavy atom. The molecule has 0 bridgehead atoms. The minimum Gasteiger partial charge on any atom is -0.756 e. The van der Waals surface area contributed by atoms with Gasteiger partial charge in [-0.05, 0) is 74.0 Å². The van der Waals surface area contributed by atoms with Crippen molar-refractivity contribution in [2.24, 2.45) is 35.5 Å². The largest absolute Gasteiger partial charge is 3.00 e. The van der Waals surface area contributed by atoms with Gasteiger partial charge in [0, 0.05) is 0 Å². The van der Waals surface area contributed by atoms with Crippen LogP contribution in [0.1, 0.15) is 237 Å². The van der Waals surface area contributed by atoms with Crippen molar-refractivity contribution in [3.8, 4) is 0 Å². The van der Waals surface area contributed by atoms with E-state index in [2.05, 4.69) is 83.1 Å². The molecule has 0 amide bonds. The Morgan fingerprint density at radius 3 is 0.516 bits per heavy atom. The second-order valence-corrected chi connectivity index (χ2v) is 21.8. The van der Waals surface area contributed by atoms with Crippen molar-refractivity contribution in [1.82, 2.24) is 0 Å². The summed E-state index contributed by atoms with van der Waals surface area (Å²) in [4.78, 5) is 35.4. The van der Waals surface area contributed by atoms with E-state index in [9.17, 15) is 28.4 Å². The summed E-state index contributed by atoms with van der Waals surface area (Å²) in [7, 11) is -12.4. The van der Waals surface area contributed by atoms with Crippen molar-refractivity contribution in [3.05, 3.63) is 0 Å². The predicted molar refractivity (Wildman–Crippen MR) is 258 cm³/mol. The summed E-state index contributed by atoms with van der Waals surface area (Å²) < 4.78 is 65.7. The average molecular weight is 1140 g/mol. The van der Waals surface area contributed by atoms with E-state index in [0.29, 0.717) is 35.5 Å². The van der Waals surface area contributed by atoms with Gasteiger partial charge in [0.2, 0.25) is 0 Å². The number of rotatable bonds is 42. The molecule has 6 unspecified atom stereocenters. The molecule has 0 aromatic carbocycles. The van der Waals surface area contributed by atoms with Crippen molar-refractivity contribution in [2.75, 3.05) is 39.6 Å². The molecule has 0 saturated carbocycles. The third-order valence-electron chi connectivity index (χ3n) is 12.1. The molecule has 0 N–H and O–H groups in total. The fraction of sp³-hybridized carbons (Fsp3) is 1.00. The van der Waals surface area contributed by atoms with Crippen LogP contribution in [0.2, 0.25) is 0 Å². The summed E-state index contributed by atoms with van der Waals surface area (Å²) in [5.74, 6) is 1.82. The van der Waals surface area contributed by atoms with Crippen LogP contribution in [0.4, 0.5) is 0 Å². The summed E-state index contributed by atoms with van der Waals surface area (Å²) in [6.45, 7) is 26.7. The maximum absolute atomic E-state index is 11.8. The van der Waals surface area contributed by atoms with Crippen LogP contribution in [0.3, 0.4) is 0 Å². The zero-order valence-corrected chi connectivity index (χ0v) is 47.6. The van der Waals surface area contributed by atoms with E-state index in [4.69, 9.17) is 27.1 Å². The summed E-state index contributed by atoms with van der Waals surface area (Å²) in [6.07, 6.45) is 25.1. The molecule has 0 aliphatic rings. The zero-order valence-electron chi connectivity index (χ0n) is 43.2. The Balaban J connectivity index is -0.000000419. The van der Waals surface area contributed by atoms with Gasteiger partial charge in [-0.15, -0.1) is 0 Å². The number of unbranched alkanes of at least 4 members (excludes halogenated alkanes) is 6. The molecule has 6 atom stereocenters. The first-order chi connectivity index (χ1) is 30.0. The number of hydrogen-bond donors (Lipinski definition) is 0. The monoisotopic (exact) mass is 1140 g/mol. The van der Waals surface area contributed by atoms with Crippen molar-refractivity contribution in [3.63, 3.8) is 0 Å². The SMILES string of the molecule is CCCCC(CC)COP(=O)([O-])OCC(CC)CCCC.CCCCC(CC)COP(=O)([O-])OCC(CC)CCCC.CCCCC(CC)COP(=O)([O-])OCC(CC)CCCC.[Yb+3]. The van der Waals surface area contributed by atoms with Gasteiger partial charge >= 0.3 is 46.9 Å². The molecule has 0 aliphatic carbocycles. The first-order valence-corrected chi connectivity index (χ1v) is 30.1. The maximum Gasteiger partial charge on any atom is 3.00 e. The number of hydrogen-bond acceptors (Lipinski definition) is 12. The Hall–Kier alpha value is 1.85. The van der Waals surface area contributed by atoms with Gasteiger partial charge in [-0.3, -0.25) is 13.7 Å². The fourth-order valence-electron chi connectivity index (χ4n) is 6.68. The molecule has 12 nitrogen and oxygen atoms in total. The molecule has 0 spiro atoms. The molecule has 0 aromatic heterocycles. The minimum absolute atomic E-state index is 0. The molecular formula is C48H102O12P3Yb. The topological polar surface area (TPSA) is 176 Å². The average Bonchev–Trinajstić information content (AvgIpc) is 3.27. The van der Waals surface area contributed by atoms with Crippen LogP contribution >= 0.6 is 23.5 Å². The van der Waals surface area contributed by atoms with Crippen LogP contribution in [0, 0.1) is 82.4 Å². The van der Waals surface area contributed by atoms with Gasteiger partial charge in [0.1, 0.15) is 0 Å². The van der Waals surface area contributed by atoms with Crippen LogP contribution in [0.5, 0.6) is 0 Å². The molecule has 0 aliphatic heterocycles. The first-order valence-electron chi connectivity index (χ1n) is 25.8. The molecule has 0 heterocycles. The van der Waals surface area contributed by atoms with Crippen molar-refractivity contribution >= 4 is 23.5 Å². The summed E-state index contributed by atoms with van der Waals surface area (Å²) >= 11 is 0. The van der Waals surface area contributed by atoms with Gasteiger partial charge in [-0.25, -0.2) is 0 Å². The van der Waals surface area contributed by atoms with E-state index in [1.165, 1.54) is 0 Å². The van der Waals surface area contributed by atoms with Gasteiger partial charge in [0.15, 0.2) is 0 Å². The van der Waals surface area contributed by atoms with E-state index in [1.54, 1.807) is 0 Å². The number of phosphoric ester groups is 3. The van der Waals surface area contributed by atoms with Crippen LogP contribution in [0.25, 0.3) is 0 Å². The Labute approximate surface area is 434 Å². The van der Waals surface area contributed by atoms with E-state index in [1.807, 2.05) is 0 Å². The van der Waals surface area contributed by atoms with Crippen molar-refractivity contribution in [2.45, 2.75) is 237 Å². The second kappa shape index (κ2) is 48.5. The molecule has 1 radical (unpaired) electrons. The second-order valence-electron chi connectivity index (χ2n) is 17.6. The number of phosphoric acid groups is 3. The minimum atomic E-state index is -4.14. The molecule has 0 saturated heterocycles. The van der Waals surface area contributed by atoms with Crippen LogP contribution in [-0.2, 0) is 40.8 Å². The summed E-state index contributed by atoms with van der Waals surface area (Å²) in [5.41, 5.74) is 0. The molecule has 0 aromatic rings. The molecule has 0 fully saturated rings. The van der Waals surface area contributed by atoms with E-state index >= 15 is 0 Å². The summed E-state index contributed by atoms with van der Waals surface area (Å²) in [5, 5.41) is 0. The van der Waals surface area contributed by atoms with E-state index < -0.39 is 23.5 Å². The third-order valence-corrected chi connectivity index (χ3v) is 14.9. The Bertz CT molecular complexity index is 919. The Morgan fingerprint density at radius 2 is 0.422 bits per heavy atom. The third kappa shape index (κ3) is 46.2. The van der Waals surface area contributed by atoms with E-state index in [0.717, 1.165) is 154 Å². The molecule has 64 heavy (non-hydrogen) atoms.